The highest BCUT2D eigenvalue weighted by Gasteiger charge is 1.98. The zero-order valence-electron chi connectivity index (χ0n) is 6.75. The van der Waals surface area contributed by atoms with E-state index in [-0.39, 0.29) is 6.61 Å². The third-order valence-corrected chi connectivity index (χ3v) is 3.08. The van der Waals surface area contributed by atoms with E-state index in [1.54, 1.807) is 11.8 Å². The number of aliphatic hydroxyl groups excluding tert-OH is 1. The second kappa shape index (κ2) is 4.84. The summed E-state index contributed by atoms with van der Waals surface area (Å²) in [7, 11) is 0. The molecule has 1 aromatic rings. The summed E-state index contributed by atoms with van der Waals surface area (Å²) >= 11 is 4.94. The molecule has 0 bridgehead atoms. The summed E-state index contributed by atoms with van der Waals surface area (Å²) in [5, 5.41) is 9.56. The van der Waals surface area contributed by atoms with Crippen LogP contribution in [0, 0.1) is 6.92 Å². The van der Waals surface area contributed by atoms with Crippen LogP contribution in [0.5, 0.6) is 0 Å². The van der Waals surface area contributed by atoms with Gasteiger partial charge < -0.3 is 5.11 Å². The average Bonchev–Trinajstić information content (AvgIpc) is 2.07. The Morgan fingerprint density at radius 2 is 2.33 bits per heavy atom. The summed E-state index contributed by atoms with van der Waals surface area (Å²) in [5.41, 5.74) is 0.984. The van der Waals surface area contributed by atoms with Gasteiger partial charge in [-0.3, -0.25) is 0 Å². The monoisotopic (exact) mass is 247 g/mol. The van der Waals surface area contributed by atoms with Crippen molar-refractivity contribution in [3.05, 3.63) is 22.3 Å². The minimum absolute atomic E-state index is 0.196. The highest BCUT2D eigenvalue weighted by Crippen LogP contribution is 2.20. The number of halogens is 1. The van der Waals surface area contributed by atoms with E-state index < -0.39 is 0 Å². The molecule has 0 amide bonds. The Morgan fingerprint density at radius 1 is 1.58 bits per heavy atom. The van der Waals surface area contributed by atoms with Gasteiger partial charge in [0.2, 0.25) is 0 Å². The van der Waals surface area contributed by atoms with E-state index in [9.17, 15) is 0 Å². The van der Waals surface area contributed by atoms with Crippen LogP contribution in [0.3, 0.4) is 0 Å². The lowest BCUT2D eigenvalue weighted by atomic mass is 10.4. The standard InChI is InChI=1S/C8H10BrNOS/c1-6-7(9)2-3-8(10-6)12-5-4-11/h2-3,11H,4-5H2,1H3. The summed E-state index contributed by atoms with van der Waals surface area (Å²) in [4.78, 5) is 4.32. The van der Waals surface area contributed by atoms with Crippen LogP contribution in [-0.2, 0) is 0 Å². The van der Waals surface area contributed by atoms with Crippen molar-refractivity contribution in [1.29, 1.82) is 0 Å². The quantitative estimate of drug-likeness (QED) is 0.833. The van der Waals surface area contributed by atoms with Gasteiger partial charge in [0.25, 0.3) is 0 Å². The molecule has 2 nitrogen and oxygen atoms in total. The lowest BCUT2D eigenvalue weighted by Gasteiger charge is -2.01. The fourth-order valence-corrected chi connectivity index (χ4v) is 1.64. The Bertz CT molecular complexity index is 267. The van der Waals surface area contributed by atoms with Gasteiger partial charge >= 0.3 is 0 Å². The number of pyridine rings is 1. The van der Waals surface area contributed by atoms with Crippen LogP contribution in [0.2, 0.25) is 0 Å². The minimum atomic E-state index is 0.196. The van der Waals surface area contributed by atoms with Gasteiger partial charge in [-0.05, 0) is 35.0 Å². The Balaban J connectivity index is 2.69. The Morgan fingerprint density at radius 3 is 2.92 bits per heavy atom. The predicted molar refractivity (Wildman–Crippen MR) is 54.5 cm³/mol. The minimum Gasteiger partial charge on any atom is -0.396 e. The van der Waals surface area contributed by atoms with Gasteiger partial charge in [-0.2, -0.15) is 0 Å². The van der Waals surface area contributed by atoms with Crippen molar-refractivity contribution >= 4 is 27.7 Å². The molecule has 0 aliphatic carbocycles. The predicted octanol–water partition coefficient (Wildman–Crippen LogP) is 2.24. The second-order valence-corrected chi connectivity index (χ2v) is 4.26. The van der Waals surface area contributed by atoms with Crippen molar-refractivity contribution in [3.63, 3.8) is 0 Å². The molecule has 0 atom stereocenters. The van der Waals surface area contributed by atoms with Crippen LogP contribution in [0.4, 0.5) is 0 Å². The van der Waals surface area contributed by atoms with E-state index in [0.717, 1.165) is 15.2 Å². The van der Waals surface area contributed by atoms with Crippen LogP contribution < -0.4 is 0 Å². The van der Waals surface area contributed by atoms with Crippen molar-refractivity contribution in [2.75, 3.05) is 12.4 Å². The molecule has 0 radical (unpaired) electrons. The van der Waals surface area contributed by atoms with Gasteiger partial charge in [0, 0.05) is 10.2 Å². The fourth-order valence-electron chi connectivity index (χ4n) is 0.752. The Hall–Kier alpha value is -0.0600. The molecule has 1 rings (SSSR count). The van der Waals surface area contributed by atoms with Crippen LogP contribution in [0.1, 0.15) is 5.69 Å². The number of aryl methyl sites for hydroxylation is 1. The third-order valence-electron chi connectivity index (χ3n) is 1.34. The molecule has 1 heterocycles. The molecular weight excluding hydrogens is 238 g/mol. The van der Waals surface area contributed by atoms with Crippen LogP contribution in [-0.4, -0.2) is 22.5 Å². The van der Waals surface area contributed by atoms with Gasteiger partial charge in [-0.1, -0.05) is 0 Å². The zero-order chi connectivity index (χ0) is 8.97. The normalized spacial score (nSPS) is 10.2. The summed E-state index contributed by atoms with van der Waals surface area (Å²) in [6, 6.07) is 3.92. The molecule has 0 fully saturated rings. The molecule has 1 N–H and O–H groups in total. The topological polar surface area (TPSA) is 33.1 Å². The number of aliphatic hydroxyl groups is 1. The van der Waals surface area contributed by atoms with Crippen LogP contribution >= 0.6 is 27.7 Å². The molecule has 0 unspecified atom stereocenters. The van der Waals surface area contributed by atoms with Crippen molar-refractivity contribution in [2.24, 2.45) is 0 Å². The highest BCUT2D eigenvalue weighted by molar-refractivity contribution is 9.10. The highest BCUT2D eigenvalue weighted by atomic mass is 79.9. The Kier molecular flexibility index (Phi) is 4.05. The number of thioether (sulfide) groups is 1. The lowest BCUT2D eigenvalue weighted by molar-refractivity contribution is 0.322. The number of hydrogen-bond donors (Lipinski definition) is 1. The first-order valence-electron chi connectivity index (χ1n) is 3.61. The van der Waals surface area contributed by atoms with Crippen molar-refractivity contribution in [1.82, 2.24) is 4.98 Å². The van der Waals surface area contributed by atoms with E-state index >= 15 is 0 Å². The van der Waals surface area contributed by atoms with E-state index in [4.69, 9.17) is 5.11 Å². The summed E-state index contributed by atoms with van der Waals surface area (Å²) in [6.07, 6.45) is 0. The first-order chi connectivity index (χ1) is 5.74. The van der Waals surface area contributed by atoms with Gasteiger partial charge in [-0.15, -0.1) is 11.8 Å². The number of nitrogens with zero attached hydrogens (tertiary/aromatic N) is 1. The number of aromatic nitrogens is 1. The number of rotatable bonds is 3. The van der Waals surface area contributed by atoms with Gasteiger partial charge in [-0.25, -0.2) is 4.98 Å². The molecule has 0 aromatic carbocycles. The molecule has 0 aliphatic heterocycles. The molecule has 4 heteroatoms. The van der Waals surface area contributed by atoms with Crippen molar-refractivity contribution < 1.29 is 5.11 Å². The zero-order valence-corrected chi connectivity index (χ0v) is 9.15. The van der Waals surface area contributed by atoms with E-state index in [0.29, 0.717) is 5.75 Å². The van der Waals surface area contributed by atoms with E-state index in [2.05, 4.69) is 20.9 Å². The number of hydrogen-bond acceptors (Lipinski definition) is 3. The molecular formula is C8H10BrNOS. The second-order valence-electron chi connectivity index (χ2n) is 2.29. The van der Waals surface area contributed by atoms with E-state index in [1.807, 2.05) is 19.1 Å². The third kappa shape index (κ3) is 2.77. The first-order valence-corrected chi connectivity index (χ1v) is 5.38. The summed E-state index contributed by atoms with van der Waals surface area (Å²) < 4.78 is 1.02. The smallest absolute Gasteiger partial charge is 0.0964 e. The van der Waals surface area contributed by atoms with Crippen LogP contribution in [0.15, 0.2) is 21.6 Å². The average molecular weight is 248 g/mol. The SMILES string of the molecule is Cc1nc(SCCO)ccc1Br. The summed E-state index contributed by atoms with van der Waals surface area (Å²) in [6.45, 7) is 2.15. The van der Waals surface area contributed by atoms with Crippen molar-refractivity contribution in [3.8, 4) is 0 Å². The summed E-state index contributed by atoms with van der Waals surface area (Å²) in [5.74, 6) is 0.702. The maximum Gasteiger partial charge on any atom is 0.0964 e. The molecule has 0 saturated carbocycles. The van der Waals surface area contributed by atoms with Crippen molar-refractivity contribution in [2.45, 2.75) is 11.9 Å². The molecule has 0 aliphatic rings. The lowest BCUT2D eigenvalue weighted by Crippen LogP contribution is -1.89. The Labute approximate surface area is 84.5 Å². The first kappa shape index (κ1) is 10.0. The molecule has 66 valence electrons. The maximum atomic E-state index is 8.59. The largest absolute Gasteiger partial charge is 0.396 e. The fraction of sp³-hybridized carbons (Fsp3) is 0.375. The van der Waals surface area contributed by atoms with Gasteiger partial charge in [0.1, 0.15) is 0 Å². The molecule has 0 saturated heterocycles. The molecule has 12 heavy (non-hydrogen) atoms. The van der Waals surface area contributed by atoms with Gasteiger partial charge in [0.15, 0.2) is 0 Å². The van der Waals surface area contributed by atoms with E-state index in [1.165, 1.54) is 0 Å². The maximum absolute atomic E-state index is 8.59. The molecule has 1 aromatic heterocycles. The van der Waals surface area contributed by atoms with Gasteiger partial charge in [0.05, 0.1) is 17.3 Å². The molecule has 0 spiro atoms. The van der Waals surface area contributed by atoms with Crippen LogP contribution in [0.25, 0.3) is 0 Å².